The number of halogens is 1. The number of rotatable bonds is 3. The second-order valence-electron chi connectivity index (χ2n) is 5.78. The number of ether oxygens (including phenoxy) is 3. The average Bonchev–Trinajstić information content (AvgIpc) is 2.67. The Morgan fingerprint density at radius 1 is 0.926 bits per heavy atom. The van der Waals surface area contributed by atoms with E-state index in [4.69, 9.17) is 14.2 Å². The van der Waals surface area contributed by atoms with Crippen LogP contribution in [0.2, 0.25) is 0 Å². The van der Waals surface area contributed by atoms with E-state index in [0.717, 1.165) is 7.11 Å². The monoisotopic (exact) mass is 434 g/mol. The maximum atomic E-state index is 13.2. The van der Waals surface area contributed by atoms with Gasteiger partial charge in [-0.15, -0.1) is 0 Å². The number of carbonyl (C=O) groups is 3. The number of phenolic OH excluding ortho intramolecular Hbond substituents is 1. The molecule has 2 aromatic carbocycles. The molecule has 0 radical (unpaired) electrons. The maximum Gasteiger partial charge on any atom is 0.341 e. The smallest absolute Gasteiger partial charge is 0.341 e. The van der Waals surface area contributed by atoms with E-state index in [2.05, 4.69) is 15.9 Å². The van der Waals surface area contributed by atoms with Gasteiger partial charge in [0.05, 0.1) is 43.6 Å². The van der Waals surface area contributed by atoms with Crippen LogP contribution in [0.1, 0.15) is 47.8 Å². The Bertz CT molecular complexity index is 1020. The van der Waals surface area contributed by atoms with Crippen molar-refractivity contribution in [3.63, 3.8) is 0 Å². The molecule has 0 heterocycles. The highest BCUT2D eigenvalue weighted by Gasteiger charge is 2.41. The van der Waals surface area contributed by atoms with E-state index in [9.17, 15) is 19.5 Å². The van der Waals surface area contributed by atoms with E-state index in [1.807, 2.05) is 0 Å². The van der Waals surface area contributed by atoms with E-state index in [-0.39, 0.29) is 49.4 Å². The summed E-state index contributed by atoms with van der Waals surface area (Å²) in [6, 6.07) is 3.02. The third-order valence-corrected chi connectivity index (χ3v) is 5.51. The number of fused-ring (bicyclic) bond motifs is 2. The Kier molecular flexibility index (Phi) is 4.69. The van der Waals surface area contributed by atoms with Crippen molar-refractivity contribution in [3.05, 3.63) is 50.0 Å². The molecule has 1 aliphatic rings. The first-order valence-corrected chi connectivity index (χ1v) is 8.57. The van der Waals surface area contributed by atoms with Crippen molar-refractivity contribution in [1.82, 2.24) is 0 Å². The Hall–Kier alpha value is -2.87. The quantitative estimate of drug-likeness (QED) is 0.632. The molecule has 0 aliphatic heterocycles. The number of benzene rings is 2. The highest BCUT2D eigenvalue weighted by atomic mass is 79.9. The summed E-state index contributed by atoms with van der Waals surface area (Å²) in [5.41, 5.74) is -0.214. The molecule has 0 atom stereocenters. The molecule has 1 N–H and O–H groups in total. The van der Waals surface area contributed by atoms with Crippen molar-refractivity contribution in [2.45, 2.75) is 6.92 Å². The van der Waals surface area contributed by atoms with Crippen LogP contribution < -0.4 is 9.47 Å². The predicted octanol–water partition coefficient (Wildman–Crippen LogP) is 3.04. The minimum Gasteiger partial charge on any atom is -0.506 e. The molecule has 1 aliphatic carbocycles. The lowest BCUT2D eigenvalue weighted by Crippen LogP contribution is -2.25. The molecule has 3 rings (SSSR count). The lowest BCUT2D eigenvalue weighted by molar-refractivity contribution is 0.0596. The molecular formula is C19H15BrO7. The molecule has 140 valence electrons. The molecule has 0 saturated heterocycles. The minimum atomic E-state index is -0.822. The fourth-order valence-electron chi connectivity index (χ4n) is 3.22. The van der Waals surface area contributed by atoms with Gasteiger partial charge in [0.2, 0.25) is 5.78 Å². The van der Waals surface area contributed by atoms with Crippen molar-refractivity contribution in [2.24, 2.45) is 0 Å². The zero-order valence-corrected chi connectivity index (χ0v) is 16.5. The average molecular weight is 435 g/mol. The first-order valence-electron chi connectivity index (χ1n) is 7.77. The van der Waals surface area contributed by atoms with Crippen LogP contribution in [-0.2, 0) is 4.74 Å². The van der Waals surface area contributed by atoms with Crippen molar-refractivity contribution in [2.75, 3.05) is 21.3 Å². The van der Waals surface area contributed by atoms with E-state index in [1.54, 1.807) is 0 Å². The van der Waals surface area contributed by atoms with Gasteiger partial charge in [0.25, 0.3) is 0 Å². The lowest BCUT2D eigenvalue weighted by Gasteiger charge is -2.25. The third kappa shape index (κ3) is 2.51. The fraction of sp³-hybridized carbons (Fsp3) is 0.211. The minimum absolute atomic E-state index is 0.0313. The molecule has 0 unspecified atom stereocenters. The fourth-order valence-corrected chi connectivity index (χ4v) is 3.80. The summed E-state index contributed by atoms with van der Waals surface area (Å²) >= 11 is 3.29. The summed E-state index contributed by atoms with van der Waals surface area (Å²) in [6.45, 7) is 1.53. The van der Waals surface area contributed by atoms with Gasteiger partial charge in [0.15, 0.2) is 5.78 Å². The third-order valence-electron chi connectivity index (χ3n) is 4.51. The van der Waals surface area contributed by atoms with Crippen molar-refractivity contribution in [3.8, 4) is 17.2 Å². The van der Waals surface area contributed by atoms with E-state index in [0.29, 0.717) is 0 Å². The van der Waals surface area contributed by atoms with Crippen LogP contribution >= 0.6 is 15.9 Å². The van der Waals surface area contributed by atoms with Crippen molar-refractivity contribution < 1.29 is 33.7 Å². The zero-order valence-electron chi connectivity index (χ0n) is 14.9. The summed E-state index contributed by atoms with van der Waals surface area (Å²) in [4.78, 5) is 38.6. The molecule has 0 saturated carbocycles. The molecule has 0 aromatic heterocycles. The van der Waals surface area contributed by atoms with E-state index >= 15 is 0 Å². The second-order valence-corrected chi connectivity index (χ2v) is 6.58. The summed E-state index contributed by atoms with van der Waals surface area (Å²) in [7, 11) is 3.90. The molecule has 2 aromatic rings. The van der Waals surface area contributed by atoms with Crippen LogP contribution in [0.15, 0.2) is 16.6 Å². The highest BCUT2D eigenvalue weighted by Crippen LogP contribution is 2.45. The van der Waals surface area contributed by atoms with Gasteiger partial charge in [0, 0.05) is 4.47 Å². The first kappa shape index (κ1) is 18.9. The van der Waals surface area contributed by atoms with Crippen LogP contribution in [0.3, 0.4) is 0 Å². The molecule has 0 fully saturated rings. The lowest BCUT2D eigenvalue weighted by atomic mass is 9.80. The van der Waals surface area contributed by atoms with Crippen LogP contribution in [0.25, 0.3) is 0 Å². The first-order chi connectivity index (χ1) is 12.8. The van der Waals surface area contributed by atoms with Gasteiger partial charge >= 0.3 is 5.97 Å². The zero-order chi connectivity index (χ0) is 20.0. The molecule has 0 bridgehead atoms. The summed E-state index contributed by atoms with van der Waals surface area (Å²) in [5.74, 6) is -2.25. The van der Waals surface area contributed by atoms with Gasteiger partial charge in [-0.25, -0.2) is 4.79 Å². The Balaban J connectivity index is 2.46. The van der Waals surface area contributed by atoms with Crippen molar-refractivity contribution >= 4 is 33.5 Å². The molecule has 7 nitrogen and oxygen atoms in total. The van der Waals surface area contributed by atoms with Gasteiger partial charge < -0.3 is 19.3 Å². The molecule has 27 heavy (non-hydrogen) atoms. The van der Waals surface area contributed by atoms with E-state index in [1.165, 1.54) is 33.3 Å². The number of esters is 1. The topological polar surface area (TPSA) is 99.1 Å². The Morgan fingerprint density at radius 2 is 1.41 bits per heavy atom. The summed E-state index contributed by atoms with van der Waals surface area (Å²) in [5, 5.41) is 10.7. The van der Waals surface area contributed by atoms with Gasteiger partial charge in [-0.2, -0.15) is 0 Å². The van der Waals surface area contributed by atoms with Crippen LogP contribution in [0, 0.1) is 6.92 Å². The number of hydrogen-bond donors (Lipinski definition) is 1. The van der Waals surface area contributed by atoms with Gasteiger partial charge in [-0.3, -0.25) is 9.59 Å². The Labute approximate surface area is 163 Å². The number of ketones is 2. The molecule has 8 heteroatoms. The summed E-state index contributed by atoms with van der Waals surface area (Å²) in [6.07, 6.45) is 0. The standard InChI is InChI=1S/C19H15BrO7/c1-7-10(19(24)27-4)16(21)14-13(15(7)20)17(22)11-8(25-2)5-6-9(26-3)12(11)18(14)23/h5-6,21H,1-4H3. The second kappa shape index (κ2) is 6.70. The SMILES string of the molecule is COC(=O)c1c(C)c(Br)c2c(c1O)C(=O)c1c(OC)ccc(OC)c1C2=O. The number of hydrogen-bond acceptors (Lipinski definition) is 7. The highest BCUT2D eigenvalue weighted by molar-refractivity contribution is 9.10. The molecule has 0 amide bonds. The number of aromatic hydroxyl groups is 1. The van der Waals surface area contributed by atoms with Crippen LogP contribution in [0.4, 0.5) is 0 Å². The number of carbonyl (C=O) groups excluding carboxylic acids is 3. The van der Waals surface area contributed by atoms with Crippen LogP contribution in [0.5, 0.6) is 17.2 Å². The van der Waals surface area contributed by atoms with E-state index < -0.39 is 23.3 Å². The number of phenols is 1. The Morgan fingerprint density at radius 3 is 1.85 bits per heavy atom. The van der Waals surface area contributed by atoms with Crippen LogP contribution in [-0.4, -0.2) is 44.0 Å². The van der Waals surface area contributed by atoms with Gasteiger partial charge in [-0.1, -0.05) is 0 Å². The van der Waals surface area contributed by atoms with Crippen molar-refractivity contribution in [1.29, 1.82) is 0 Å². The molecule has 0 spiro atoms. The maximum absolute atomic E-state index is 13.2. The predicted molar refractivity (Wildman–Crippen MR) is 98.3 cm³/mol. The number of methoxy groups -OCH3 is 3. The van der Waals surface area contributed by atoms with Gasteiger partial charge in [0.1, 0.15) is 22.8 Å². The van der Waals surface area contributed by atoms with Gasteiger partial charge in [-0.05, 0) is 40.5 Å². The summed E-state index contributed by atoms with van der Waals surface area (Å²) < 4.78 is 15.4. The normalized spacial score (nSPS) is 12.3. The largest absolute Gasteiger partial charge is 0.506 e. The molecular weight excluding hydrogens is 420 g/mol.